The number of rotatable bonds is 7. The van der Waals surface area contributed by atoms with Gasteiger partial charge in [0.1, 0.15) is 0 Å². The summed E-state index contributed by atoms with van der Waals surface area (Å²) in [6, 6.07) is 9.91. The normalized spacial score (nSPS) is 12.5. The summed E-state index contributed by atoms with van der Waals surface area (Å²) in [6.45, 7) is 8.95. The Balaban J connectivity index is 1.86. The highest BCUT2D eigenvalue weighted by atomic mass is 32.1. The fourth-order valence-corrected chi connectivity index (χ4v) is 3.49. The van der Waals surface area contributed by atoms with Crippen LogP contribution in [0.4, 0.5) is 0 Å². The summed E-state index contributed by atoms with van der Waals surface area (Å²) in [7, 11) is 0. The number of hydrogen-bond acceptors (Lipinski definition) is 3. The van der Waals surface area contributed by atoms with Crippen molar-refractivity contribution in [3.05, 3.63) is 57.8 Å². The Morgan fingerprint density at radius 3 is 2.50 bits per heavy atom. The van der Waals surface area contributed by atoms with E-state index in [0.717, 1.165) is 5.56 Å². The summed E-state index contributed by atoms with van der Waals surface area (Å²) in [5.41, 5.74) is 2.91. The molecule has 0 aliphatic carbocycles. The van der Waals surface area contributed by atoms with Gasteiger partial charge in [-0.05, 0) is 41.3 Å². The van der Waals surface area contributed by atoms with E-state index < -0.39 is 0 Å². The first-order chi connectivity index (χ1) is 12.3. The topological polar surface area (TPSA) is 58.2 Å². The van der Waals surface area contributed by atoms with Gasteiger partial charge in [0.25, 0.3) is 5.91 Å². The summed E-state index contributed by atoms with van der Waals surface area (Å²) in [6.07, 6.45) is 1.01. The molecule has 1 heterocycles. The smallest absolute Gasteiger partial charge is 0.252 e. The quantitative estimate of drug-likeness (QED) is 0.705. The Labute approximate surface area is 160 Å². The third-order valence-electron chi connectivity index (χ3n) is 4.32. The number of carbonyl (C=O) groups is 2. The molecule has 1 aromatic heterocycles. The fourth-order valence-electron chi connectivity index (χ4n) is 2.85. The summed E-state index contributed by atoms with van der Waals surface area (Å²) < 4.78 is 0. The summed E-state index contributed by atoms with van der Waals surface area (Å²) in [5.74, 6) is -0.0721. The van der Waals surface area contributed by atoms with Crippen molar-refractivity contribution in [2.24, 2.45) is 5.41 Å². The highest BCUT2D eigenvalue weighted by Gasteiger charge is 2.28. The number of benzene rings is 1. The second kappa shape index (κ2) is 8.99. The molecule has 0 aliphatic heterocycles. The average molecular weight is 373 g/mol. The van der Waals surface area contributed by atoms with Crippen molar-refractivity contribution in [3.63, 3.8) is 0 Å². The van der Waals surface area contributed by atoms with Crippen LogP contribution >= 0.6 is 11.3 Å². The molecule has 0 spiro atoms. The number of thiophene rings is 1. The lowest BCUT2D eigenvalue weighted by Crippen LogP contribution is -2.37. The predicted molar refractivity (Wildman–Crippen MR) is 107 cm³/mol. The van der Waals surface area contributed by atoms with Crippen molar-refractivity contribution in [3.8, 4) is 0 Å². The zero-order valence-corrected chi connectivity index (χ0v) is 16.8. The second-order valence-electron chi connectivity index (χ2n) is 7.59. The van der Waals surface area contributed by atoms with Crippen molar-refractivity contribution in [1.29, 1.82) is 0 Å². The van der Waals surface area contributed by atoms with Crippen LogP contribution in [-0.4, -0.2) is 18.4 Å². The molecule has 2 rings (SSSR count). The zero-order valence-electron chi connectivity index (χ0n) is 16.0. The van der Waals surface area contributed by atoms with Gasteiger partial charge in [-0.2, -0.15) is 11.3 Å². The molecule has 0 fully saturated rings. The molecule has 0 saturated heterocycles. The minimum atomic E-state index is -0.0884. The van der Waals surface area contributed by atoms with E-state index in [1.165, 1.54) is 16.9 Å². The van der Waals surface area contributed by atoms with Crippen molar-refractivity contribution in [1.82, 2.24) is 10.6 Å². The highest BCUT2D eigenvalue weighted by Crippen LogP contribution is 2.34. The van der Waals surface area contributed by atoms with Gasteiger partial charge in [-0.1, -0.05) is 45.0 Å². The lowest BCUT2D eigenvalue weighted by Gasteiger charge is -2.33. The Bertz CT molecular complexity index is 733. The number of nitrogens with one attached hydrogen (secondary N) is 2. The lowest BCUT2D eigenvalue weighted by atomic mass is 9.80. The summed E-state index contributed by atoms with van der Waals surface area (Å²) in [4.78, 5) is 24.3. The van der Waals surface area contributed by atoms with Crippen LogP contribution in [0, 0.1) is 12.3 Å². The molecule has 26 heavy (non-hydrogen) atoms. The molecule has 1 aromatic carbocycles. The molecule has 0 saturated carbocycles. The SMILES string of the molecule is Cc1ccccc1[C@@H](NC(=O)CCCNC(=O)c1ccsc1)C(C)(C)C. The van der Waals surface area contributed by atoms with Gasteiger partial charge >= 0.3 is 0 Å². The Kier molecular flexibility index (Phi) is 6.98. The van der Waals surface area contributed by atoms with Gasteiger partial charge in [0, 0.05) is 23.9 Å². The first-order valence-electron chi connectivity index (χ1n) is 8.94. The molecule has 140 valence electrons. The molecule has 5 heteroatoms. The minimum absolute atomic E-state index is 0.0120. The third-order valence-corrected chi connectivity index (χ3v) is 5.00. The standard InChI is InChI=1S/C21H28N2O2S/c1-15-8-5-6-9-17(15)19(21(2,3)4)23-18(24)10-7-12-22-20(25)16-11-13-26-14-16/h5-6,8-9,11,13-14,19H,7,10,12H2,1-4H3,(H,22,25)(H,23,24)/t19-/m1/s1. The zero-order chi connectivity index (χ0) is 19.2. The van der Waals surface area contributed by atoms with E-state index in [9.17, 15) is 9.59 Å². The number of amides is 2. The van der Waals surface area contributed by atoms with Crippen LogP contribution in [0.5, 0.6) is 0 Å². The number of aryl methyl sites for hydroxylation is 1. The van der Waals surface area contributed by atoms with Gasteiger partial charge in [-0.15, -0.1) is 0 Å². The van der Waals surface area contributed by atoms with Crippen LogP contribution in [0.1, 0.15) is 61.1 Å². The molecule has 0 bridgehead atoms. The molecule has 1 atom stereocenters. The van der Waals surface area contributed by atoms with Crippen molar-refractivity contribution >= 4 is 23.2 Å². The maximum Gasteiger partial charge on any atom is 0.252 e. The van der Waals surface area contributed by atoms with Crippen molar-refractivity contribution in [2.45, 2.75) is 46.6 Å². The van der Waals surface area contributed by atoms with E-state index in [4.69, 9.17) is 0 Å². The van der Waals surface area contributed by atoms with Crippen LogP contribution in [0.2, 0.25) is 0 Å². The van der Waals surface area contributed by atoms with Gasteiger partial charge < -0.3 is 10.6 Å². The predicted octanol–water partition coefficient (Wildman–Crippen LogP) is 4.47. The van der Waals surface area contributed by atoms with Crippen LogP contribution in [0.25, 0.3) is 0 Å². The molecular formula is C21H28N2O2S. The van der Waals surface area contributed by atoms with Crippen LogP contribution in [0.15, 0.2) is 41.1 Å². The molecular weight excluding hydrogens is 344 g/mol. The van der Waals surface area contributed by atoms with Crippen molar-refractivity contribution in [2.75, 3.05) is 6.54 Å². The Morgan fingerprint density at radius 2 is 1.88 bits per heavy atom. The Morgan fingerprint density at radius 1 is 1.15 bits per heavy atom. The first-order valence-corrected chi connectivity index (χ1v) is 9.88. The van der Waals surface area contributed by atoms with E-state index in [2.05, 4.69) is 50.5 Å². The largest absolute Gasteiger partial charge is 0.352 e. The van der Waals surface area contributed by atoms with Gasteiger partial charge in [-0.3, -0.25) is 9.59 Å². The minimum Gasteiger partial charge on any atom is -0.352 e. The third kappa shape index (κ3) is 5.70. The second-order valence-corrected chi connectivity index (χ2v) is 8.37. The number of hydrogen-bond donors (Lipinski definition) is 2. The maximum atomic E-state index is 12.4. The van der Waals surface area contributed by atoms with Crippen LogP contribution in [-0.2, 0) is 4.79 Å². The van der Waals surface area contributed by atoms with Crippen LogP contribution in [0.3, 0.4) is 0 Å². The van der Waals surface area contributed by atoms with Crippen LogP contribution < -0.4 is 10.6 Å². The molecule has 0 radical (unpaired) electrons. The van der Waals surface area contributed by atoms with E-state index in [1.807, 2.05) is 22.9 Å². The number of carbonyl (C=O) groups excluding carboxylic acids is 2. The summed E-state index contributed by atoms with van der Waals surface area (Å²) in [5, 5.41) is 9.73. The van der Waals surface area contributed by atoms with E-state index in [0.29, 0.717) is 24.9 Å². The Hall–Kier alpha value is -2.14. The molecule has 0 aliphatic rings. The first kappa shape index (κ1) is 20.2. The molecule has 2 aromatic rings. The van der Waals surface area contributed by atoms with E-state index >= 15 is 0 Å². The van der Waals surface area contributed by atoms with Gasteiger partial charge in [0.2, 0.25) is 5.91 Å². The van der Waals surface area contributed by atoms with Gasteiger partial charge in [0.05, 0.1) is 6.04 Å². The van der Waals surface area contributed by atoms with E-state index in [-0.39, 0.29) is 23.3 Å². The maximum absolute atomic E-state index is 12.4. The fraction of sp³-hybridized carbons (Fsp3) is 0.429. The highest BCUT2D eigenvalue weighted by molar-refractivity contribution is 7.08. The van der Waals surface area contributed by atoms with Gasteiger partial charge in [-0.25, -0.2) is 0 Å². The molecule has 2 amide bonds. The van der Waals surface area contributed by atoms with E-state index in [1.54, 1.807) is 6.07 Å². The van der Waals surface area contributed by atoms with Crippen molar-refractivity contribution < 1.29 is 9.59 Å². The molecule has 0 unspecified atom stereocenters. The van der Waals surface area contributed by atoms with Gasteiger partial charge in [0.15, 0.2) is 0 Å². The monoisotopic (exact) mass is 372 g/mol. The summed E-state index contributed by atoms with van der Waals surface area (Å²) >= 11 is 1.50. The lowest BCUT2D eigenvalue weighted by molar-refractivity contribution is -0.122. The molecule has 2 N–H and O–H groups in total. The average Bonchev–Trinajstić information content (AvgIpc) is 3.11. The molecule has 4 nitrogen and oxygen atoms in total.